The minimum Gasteiger partial charge on any atom is -0.321 e. The van der Waals surface area contributed by atoms with Gasteiger partial charge in [-0.2, -0.15) is 5.10 Å². The molecule has 5 heteroatoms. The molecule has 0 saturated heterocycles. The second-order valence-corrected chi connectivity index (χ2v) is 3.11. The van der Waals surface area contributed by atoms with Crippen molar-refractivity contribution < 1.29 is 0 Å². The summed E-state index contributed by atoms with van der Waals surface area (Å²) >= 11 is 0. The van der Waals surface area contributed by atoms with Crippen LogP contribution in [0.5, 0.6) is 0 Å². The first kappa shape index (κ1) is 9.48. The fraction of sp³-hybridized carbons (Fsp3) is 0.714. The number of hydrogen-bond donors (Lipinski definition) is 1. The number of rotatable bonds is 2. The van der Waals surface area contributed by atoms with Crippen LogP contribution in [-0.2, 0) is 7.05 Å². The van der Waals surface area contributed by atoms with E-state index in [1.165, 1.54) is 12.8 Å². The number of hydrogen-bond acceptors (Lipinski definition) is 3. The molecule has 1 aliphatic rings. The van der Waals surface area contributed by atoms with Crippen molar-refractivity contribution in [1.82, 2.24) is 14.8 Å². The highest BCUT2D eigenvalue weighted by molar-refractivity contribution is 5.85. The summed E-state index contributed by atoms with van der Waals surface area (Å²) in [5.74, 6) is 1.56. The molecule has 4 nitrogen and oxygen atoms in total. The van der Waals surface area contributed by atoms with Crippen molar-refractivity contribution in [1.29, 1.82) is 0 Å². The first-order valence-electron chi connectivity index (χ1n) is 3.88. The first-order valence-corrected chi connectivity index (χ1v) is 3.88. The fourth-order valence-corrected chi connectivity index (χ4v) is 1.27. The standard InChI is InChI=1S/C7H12N4.ClH/c1-11-7(9-4-10-11)6(8)5-2-3-5;/h4-6H,2-3,8H2,1H3;1H. The van der Waals surface area contributed by atoms with Gasteiger partial charge in [0.2, 0.25) is 0 Å². The summed E-state index contributed by atoms with van der Waals surface area (Å²) < 4.78 is 1.75. The van der Waals surface area contributed by atoms with Gasteiger partial charge < -0.3 is 5.73 Å². The maximum Gasteiger partial charge on any atom is 0.143 e. The average Bonchev–Trinajstić information content (AvgIpc) is 2.74. The SMILES string of the molecule is Cl.Cn1ncnc1C(N)C1CC1. The van der Waals surface area contributed by atoms with Gasteiger partial charge in [0.15, 0.2) is 0 Å². The second kappa shape index (κ2) is 3.41. The molecule has 0 amide bonds. The lowest BCUT2D eigenvalue weighted by Crippen LogP contribution is -2.17. The molecule has 1 heterocycles. The normalized spacial score (nSPS) is 18.5. The van der Waals surface area contributed by atoms with Crippen molar-refractivity contribution in [3.05, 3.63) is 12.2 Å². The van der Waals surface area contributed by atoms with E-state index in [2.05, 4.69) is 10.1 Å². The van der Waals surface area contributed by atoms with Gasteiger partial charge in [-0.1, -0.05) is 0 Å². The summed E-state index contributed by atoms with van der Waals surface area (Å²) in [5, 5.41) is 3.97. The molecule has 0 aromatic carbocycles. The minimum absolute atomic E-state index is 0. The maximum atomic E-state index is 5.92. The van der Waals surface area contributed by atoms with E-state index >= 15 is 0 Å². The highest BCUT2D eigenvalue weighted by Gasteiger charge is 2.31. The summed E-state index contributed by atoms with van der Waals surface area (Å²) in [6.07, 6.45) is 4.04. The predicted molar refractivity (Wildman–Crippen MR) is 47.9 cm³/mol. The molecule has 0 spiro atoms. The van der Waals surface area contributed by atoms with Gasteiger partial charge in [-0.25, -0.2) is 4.98 Å². The van der Waals surface area contributed by atoms with Gasteiger partial charge in [0, 0.05) is 7.05 Å². The van der Waals surface area contributed by atoms with Crippen molar-refractivity contribution in [3.63, 3.8) is 0 Å². The monoisotopic (exact) mass is 188 g/mol. The molecule has 1 aliphatic carbocycles. The Bertz CT molecular complexity index is 256. The molecule has 1 unspecified atom stereocenters. The van der Waals surface area contributed by atoms with Crippen LogP contribution in [0.4, 0.5) is 0 Å². The van der Waals surface area contributed by atoms with Crippen LogP contribution in [0.25, 0.3) is 0 Å². The van der Waals surface area contributed by atoms with Crippen molar-refractivity contribution in [2.75, 3.05) is 0 Å². The molecule has 2 rings (SSSR count). The number of aryl methyl sites for hydroxylation is 1. The molecule has 68 valence electrons. The highest BCUT2D eigenvalue weighted by Crippen LogP contribution is 2.38. The van der Waals surface area contributed by atoms with E-state index < -0.39 is 0 Å². The molecule has 1 aromatic rings. The third-order valence-electron chi connectivity index (χ3n) is 2.17. The maximum absolute atomic E-state index is 5.92. The third kappa shape index (κ3) is 1.59. The second-order valence-electron chi connectivity index (χ2n) is 3.11. The lowest BCUT2D eigenvalue weighted by molar-refractivity contribution is 0.551. The quantitative estimate of drug-likeness (QED) is 0.742. The van der Waals surface area contributed by atoms with E-state index in [0.29, 0.717) is 5.92 Å². The van der Waals surface area contributed by atoms with Crippen LogP contribution in [-0.4, -0.2) is 14.8 Å². The van der Waals surface area contributed by atoms with Gasteiger partial charge in [-0.3, -0.25) is 4.68 Å². The molecular formula is C7H13ClN4. The molecular weight excluding hydrogens is 176 g/mol. The fourth-order valence-electron chi connectivity index (χ4n) is 1.27. The van der Waals surface area contributed by atoms with Crippen molar-refractivity contribution in [2.45, 2.75) is 18.9 Å². The smallest absolute Gasteiger partial charge is 0.143 e. The topological polar surface area (TPSA) is 56.7 Å². The van der Waals surface area contributed by atoms with Gasteiger partial charge in [0.05, 0.1) is 6.04 Å². The molecule has 0 radical (unpaired) electrons. The third-order valence-corrected chi connectivity index (χ3v) is 2.17. The summed E-state index contributed by atoms with van der Waals surface area (Å²) in [6.45, 7) is 0. The number of aromatic nitrogens is 3. The largest absolute Gasteiger partial charge is 0.321 e. The molecule has 1 atom stereocenters. The van der Waals surface area contributed by atoms with E-state index in [1.807, 2.05) is 7.05 Å². The Morgan fingerprint density at radius 3 is 2.75 bits per heavy atom. The van der Waals surface area contributed by atoms with E-state index in [9.17, 15) is 0 Å². The van der Waals surface area contributed by atoms with Crippen molar-refractivity contribution in [2.24, 2.45) is 18.7 Å². The zero-order valence-electron chi connectivity index (χ0n) is 6.97. The van der Waals surface area contributed by atoms with E-state index in [-0.39, 0.29) is 18.4 Å². The van der Waals surface area contributed by atoms with Crippen LogP contribution in [0, 0.1) is 5.92 Å². The van der Waals surface area contributed by atoms with Crippen molar-refractivity contribution >= 4 is 12.4 Å². The van der Waals surface area contributed by atoms with Crippen LogP contribution in [0.3, 0.4) is 0 Å². The number of halogens is 1. The molecule has 12 heavy (non-hydrogen) atoms. The van der Waals surface area contributed by atoms with Crippen LogP contribution in [0.2, 0.25) is 0 Å². The summed E-state index contributed by atoms with van der Waals surface area (Å²) in [7, 11) is 1.88. The lowest BCUT2D eigenvalue weighted by atomic mass is 10.2. The van der Waals surface area contributed by atoms with Crippen LogP contribution in [0.1, 0.15) is 24.7 Å². The van der Waals surface area contributed by atoms with E-state index in [4.69, 9.17) is 5.73 Å². The Morgan fingerprint density at radius 2 is 2.33 bits per heavy atom. The van der Waals surface area contributed by atoms with Gasteiger partial charge in [-0.05, 0) is 18.8 Å². The summed E-state index contributed by atoms with van der Waals surface area (Å²) in [4.78, 5) is 4.10. The van der Waals surface area contributed by atoms with Gasteiger partial charge in [0.25, 0.3) is 0 Å². The molecule has 1 fully saturated rings. The molecule has 1 saturated carbocycles. The zero-order valence-corrected chi connectivity index (χ0v) is 7.79. The number of nitrogens with two attached hydrogens (primary N) is 1. The van der Waals surface area contributed by atoms with Gasteiger partial charge in [-0.15, -0.1) is 12.4 Å². The minimum atomic E-state index is 0. The average molecular weight is 189 g/mol. The Kier molecular flexibility index (Phi) is 2.69. The van der Waals surface area contributed by atoms with Gasteiger partial charge in [0.1, 0.15) is 12.2 Å². The summed E-state index contributed by atoms with van der Waals surface area (Å²) in [5.41, 5.74) is 5.92. The van der Waals surface area contributed by atoms with E-state index in [1.54, 1.807) is 11.0 Å². The van der Waals surface area contributed by atoms with Crippen LogP contribution in [0.15, 0.2) is 6.33 Å². The molecule has 0 aliphatic heterocycles. The zero-order chi connectivity index (χ0) is 7.84. The lowest BCUT2D eigenvalue weighted by Gasteiger charge is -2.07. The Hall–Kier alpha value is -0.610. The first-order chi connectivity index (χ1) is 5.29. The molecule has 2 N–H and O–H groups in total. The predicted octanol–water partition coefficient (Wildman–Crippen LogP) is 0.647. The van der Waals surface area contributed by atoms with E-state index in [0.717, 1.165) is 5.82 Å². The molecule has 1 aromatic heterocycles. The number of nitrogens with zero attached hydrogens (tertiary/aromatic N) is 3. The highest BCUT2D eigenvalue weighted by atomic mass is 35.5. The summed E-state index contributed by atoms with van der Waals surface area (Å²) in [6, 6.07) is 0.0995. The Labute approximate surface area is 77.6 Å². The van der Waals surface area contributed by atoms with Crippen molar-refractivity contribution in [3.8, 4) is 0 Å². The van der Waals surface area contributed by atoms with Gasteiger partial charge >= 0.3 is 0 Å². The van der Waals surface area contributed by atoms with Crippen LogP contribution >= 0.6 is 12.4 Å². The Morgan fingerprint density at radius 1 is 1.67 bits per heavy atom. The Balaban J connectivity index is 0.000000720. The molecule has 0 bridgehead atoms. The van der Waals surface area contributed by atoms with Crippen LogP contribution < -0.4 is 5.73 Å².